The molecule has 90 valence electrons. The Labute approximate surface area is 105 Å². The van der Waals surface area contributed by atoms with Gasteiger partial charge >= 0.3 is 0 Å². The molecule has 0 aliphatic carbocycles. The number of hydrogen-bond acceptors (Lipinski definition) is 3. The highest BCUT2D eigenvalue weighted by molar-refractivity contribution is 7.89. The minimum atomic E-state index is -3.61. The molecular formula is C9H12Cl2N2O2S. The second-order valence-corrected chi connectivity index (χ2v) is 5.69. The highest BCUT2D eigenvalue weighted by atomic mass is 35.5. The molecule has 3 N–H and O–H groups in total. The van der Waals surface area contributed by atoms with Crippen LogP contribution in [0.2, 0.25) is 10.0 Å². The molecule has 0 unspecified atom stereocenters. The van der Waals surface area contributed by atoms with Crippen molar-refractivity contribution in [2.75, 3.05) is 12.3 Å². The molecule has 0 amide bonds. The molecule has 1 rings (SSSR count). The number of anilines is 1. The van der Waals surface area contributed by atoms with Gasteiger partial charge < -0.3 is 5.73 Å². The Morgan fingerprint density at radius 3 is 2.56 bits per heavy atom. The summed E-state index contributed by atoms with van der Waals surface area (Å²) in [7, 11) is -3.61. The lowest BCUT2D eigenvalue weighted by atomic mass is 10.3. The zero-order valence-corrected chi connectivity index (χ0v) is 11.0. The summed E-state index contributed by atoms with van der Waals surface area (Å²) >= 11 is 11.5. The van der Waals surface area contributed by atoms with Gasteiger partial charge in [-0.25, -0.2) is 13.1 Å². The van der Waals surface area contributed by atoms with E-state index in [9.17, 15) is 8.42 Å². The van der Waals surface area contributed by atoms with E-state index in [2.05, 4.69) is 4.72 Å². The molecule has 0 radical (unpaired) electrons. The Balaban J connectivity index is 3.19. The van der Waals surface area contributed by atoms with E-state index in [0.29, 0.717) is 13.0 Å². The minimum Gasteiger partial charge on any atom is -0.396 e. The van der Waals surface area contributed by atoms with Gasteiger partial charge in [-0.3, -0.25) is 0 Å². The van der Waals surface area contributed by atoms with Gasteiger partial charge in [-0.15, -0.1) is 0 Å². The maximum Gasteiger partial charge on any atom is 0.242 e. The maximum atomic E-state index is 11.8. The number of nitrogens with two attached hydrogens (primary N) is 1. The fourth-order valence-corrected chi connectivity index (χ4v) is 2.97. The lowest BCUT2D eigenvalue weighted by molar-refractivity contribution is 0.581. The minimum absolute atomic E-state index is 0.0453. The van der Waals surface area contributed by atoms with E-state index in [1.54, 1.807) is 0 Å². The summed E-state index contributed by atoms with van der Waals surface area (Å²) in [6.07, 6.45) is 0.694. The van der Waals surface area contributed by atoms with Crippen LogP contribution < -0.4 is 10.5 Å². The molecule has 1 aromatic carbocycles. The molecule has 0 bridgehead atoms. The molecule has 0 atom stereocenters. The zero-order chi connectivity index (χ0) is 12.3. The van der Waals surface area contributed by atoms with Crippen molar-refractivity contribution in [3.63, 3.8) is 0 Å². The summed E-state index contributed by atoms with van der Waals surface area (Å²) in [5.74, 6) is 0. The van der Waals surface area contributed by atoms with Gasteiger partial charge in [-0.2, -0.15) is 0 Å². The van der Waals surface area contributed by atoms with E-state index in [1.807, 2.05) is 6.92 Å². The SMILES string of the molecule is CCCNS(=O)(=O)c1ccc(Cl)c(N)c1Cl. The second-order valence-electron chi connectivity index (χ2n) is 3.17. The number of nitrogen functional groups attached to an aromatic ring is 1. The Bertz CT molecular complexity index is 489. The van der Waals surface area contributed by atoms with Crippen LogP contribution in [0.3, 0.4) is 0 Å². The molecule has 0 heterocycles. The molecule has 0 fully saturated rings. The molecule has 4 nitrogen and oxygen atoms in total. The number of nitrogens with one attached hydrogen (secondary N) is 1. The zero-order valence-electron chi connectivity index (χ0n) is 8.63. The van der Waals surface area contributed by atoms with Crippen LogP contribution in [0, 0.1) is 0 Å². The first-order chi connectivity index (χ1) is 7.40. The van der Waals surface area contributed by atoms with Crippen LogP contribution in [0.25, 0.3) is 0 Å². The molecule has 0 saturated carbocycles. The molecule has 16 heavy (non-hydrogen) atoms. The summed E-state index contributed by atoms with van der Waals surface area (Å²) in [5, 5.41) is 0.190. The van der Waals surface area contributed by atoms with Crippen molar-refractivity contribution >= 4 is 38.9 Å². The van der Waals surface area contributed by atoms with Crippen molar-refractivity contribution in [2.45, 2.75) is 18.2 Å². The average Bonchev–Trinajstić information content (AvgIpc) is 2.23. The predicted octanol–water partition coefficient (Wildman–Crippen LogP) is 2.26. The summed E-state index contributed by atoms with van der Waals surface area (Å²) in [6, 6.07) is 2.74. The van der Waals surface area contributed by atoms with Crippen LogP contribution >= 0.6 is 23.2 Å². The first-order valence-electron chi connectivity index (χ1n) is 4.63. The third-order valence-corrected chi connectivity index (χ3v) is 4.27. The van der Waals surface area contributed by atoms with Crippen molar-refractivity contribution in [1.82, 2.24) is 4.72 Å². The lowest BCUT2D eigenvalue weighted by Crippen LogP contribution is -2.24. The Morgan fingerprint density at radius 1 is 1.38 bits per heavy atom. The number of halogens is 2. The normalized spacial score (nSPS) is 11.7. The monoisotopic (exact) mass is 282 g/mol. The van der Waals surface area contributed by atoms with E-state index in [-0.39, 0.29) is 20.6 Å². The van der Waals surface area contributed by atoms with Crippen molar-refractivity contribution in [3.8, 4) is 0 Å². The molecule has 0 spiro atoms. The van der Waals surface area contributed by atoms with Crippen LogP contribution in [0.1, 0.15) is 13.3 Å². The molecule has 0 aliphatic rings. The first-order valence-corrected chi connectivity index (χ1v) is 6.87. The number of sulfonamides is 1. The van der Waals surface area contributed by atoms with Crippen LogP contribution in [0.15, 0.2) is 17.0 Å². The fraction of sp³-hybridized carbons (Fsp3) is 0.333. The third kappa shape index (κ3) is 2.79. The summed E-state index contributed by atoms with van der Waals surface area (Å²) in [4.78, 5) is -0.0514. The van der Waals surface area contributed by atoms with Gasteiger partial charge in [0.1, 0.15) is 4.90 Å². The molecule has 7 heteroatoms. The summed E-state index contributed by atoms with van der Waals surface area (Å²) in [5.41, 5.74) is 5.62. The van der Waals surface area contributed by atoms with Crippen LogP contribution in [0.5, 0.6) is 0 Å². The highest BCUT2D eigenvalue weighted by Gasteiger charge is 2.19. The molecule has 0 saturated heterocycles. The second kappa shape index (κ2) is 5.23. The van der Waals surface area contributed by atoms with Crippen LogP contribution in [0.4, 0.5) is 5.69 Å². The van der Waals surface area contributed by atoms with Gasteiger partial charge in [0, 0.05) is 6.54 Å². The van der Waals surface area contributed by atoms with E-state index in [4.69, 9.17) is 28.9 Å². The van der Waals surface area contributed by atoms with Gasteiger partial charge in [-0.1, -0.05) is 30.1 Å². The van der Waals surface area contributed by atoms with Crippen LogP contribution in [-0.2, 0) is 10.0 Å². The van der Waals surface area contributed by atoms with Gasteiger partial charge in [0.25, 0.3) is 0 Å². The Morgan fingerprint density at radius 2 is 2.00 bits per heavy atom. The van der Waals surface area contributed by atoms with Gasteiger partial charge in [0.2, 0.25) is 10.0 Å². The largest absolute Gasteiger partial charge is 0.396 e. The molecule has 0 aromatic heterocycles. The van der Waals surface area contributed by atoms with Gasteiger partial charge in [-0.05, 0) is 18.6 Å². The smallest absolute Gasteiger partial charge is 0.242 e. The Hall–Kier alpha value is -0.490. The van der Waals surface area contributed by atoms with Crippen molar-refractivity contribution in [2.24, 2.45) is 0 Å². The third-order valence-electron chi connectivity index (χ3n) is 1.92. The van der Waals surface area contributed by atoms with Gasteiger partial charge in [0.15, 0.2) is 0 Å². The molecule has 1 aromatic rings. The summed E-state index contributed by atoms with van der Waals surface area (Å²) in [6.45, 7) is 2.21. The average molecular weight is 283 g/mol. The highest BCUT2D eigenvalue weighted by Crippen LogP contribution is 2.32. The topological polar surface area (TPSA) is 72.2 Å². The maximum absolute atomic E-state index is 11.8. The Kier molecular flexibility index (Phi) is 4.43. The lowest BCUT2D eigenvalue weighted by Gasteiger charge is -2.09. The van der Waals surface area contributed by atoms with E-state index in [0.717, 1.165) is 0 Å². The van der Waals surface area contributed by atoms with Crippen LogP contribution in [-0.4, -0.2) is 15.0 Å². The standard InChI is InChI=1S/C9H12Cl2N2O2S/c1-2-5-13-16(14,15)7-4-3-6(10)9(12)8(7)11/h3-4,13H,2,5,12H2,1H3. The number of rotatable bonds is 4. The van der Waals surface area contributed by atoms with Crippen molar-refractivity contribution < 1.29 is 8.42 Å². The molecular weight excluding hydrogens is 271 g/mol. The van der Waals surface area contributed by atoms with Gasteiger partial charge in [0.05, 0.1) is 15.7 Å². The van der Waals surface area contributed by atoms with E-state index < -0.39 is 10.0 Å². The van der Waals surface area contributed by atoms with Crippen molar-refractivity contribution in [1.29, 1.82) is 0 Å². The van der Waals surface area contributed by atoms with E-state index in [1.165, 1.54) is 12.1 Å². The fourth-order valence-electron chi connectivity index (χ4n) is 1.07. The van der Waals surface area contributed by atoms with E-state index >= 15 is 0 Å². The number of benzene rings is 1. The quantitative estimate of drug-likeness (QED) is 0.832. The summed E-state index contributed by atoms with van der Waals surface area (Å²) < 4.78 is 26.0. The van der Waals surface area contributed by atoms with Crippen molar-refractivity contribution in [3.05, 3.63) is 22.2 Å². The first kappa shape index (κ1) is 13.6. The molecule has 0 aliphatic heterocycles. The number of hydrogen-bond donors (Lipinski definition) is 2. The predicted molar refractivity (Wildman–Crippen MR) is 66.4 cm³/mol.